The van der Waals surface area contributed by atoms with Crippen LogP contribution in [0.25, 0.3) is 16.7 Å². The van der Waals surface area contributed by atoms with Crippen LogP contribution in [0.4, 0.5) is 23.0 Å². The number of hydrogen-bond donors (Lipinski definition) is 1. The fraction of sp³-hybridized carbons (Fsp3) is 0.375. The zero-order valence-electron chi connectivity index (χ0n) is 24.6. The van der Waals surface area contributed by atoms with E-state index in [0.717, 1.165) is 79.5 Å². The highest BCUT2D eigenvalue weighted by atomic mass is 16.5. The molecule has 3 aliphatic heterocycles. The van der Waals surface area contributed by atoms with Crippen molar-refractivity contribution in [2.24, 2.45) is 0 Å². The van der Waals surface area contributed by atoms with E-state index in [2.05, 4.69) is 45.4 Å². The minimum atomic E-state index is -0.160. The van der Waals surface area contributed by atoms with E-state index in [1.807, 2.05) is 39.9 Å². The molecule has 4 aromatic rings. The van der Waals surface area contributed by atoms with Crippen molar-refractivity contribution in [2.75, 3.05) is 62.0 Å². The molecular weight excluding hydrogens is 544 g/mol. The quantitative estimate of drug-likeness (QED) is 0.365. The summed E-state index contributed by atoms with van der Waals surface area (Å²) < 4.78 is 9.30. The normalized spacial score (nSPS) is 18.1. The SMILES string of the molecule is COc1cc(Nc2ncc3c(=O)n4n(c3n2)-c2ccc3c(c2)N(CCC/C=C\C4)C(=O)CC3)ccc1N1CCN(C)CC1. The number of allylic oxidation sites excluding steroid dienone is 2. The van der Waals surface area contributed by atoms with Gasteiger partial charge in [-0.2, -0.15) is 4.98 Å². The number of aryl methyl sites for hydroxylation is 1. The molecule has 1 N–H and O–H groups in total. The van der Waals surface area contributed by atoms with Crippen molar-refractivity contribution in [1.82, 2.24) is 24.2 Å². The average Bonchev–Trinajstić information content (AvgIpc) is 3.29. The van der Waals surface area contributed by atoms with Gasteiger partial charge in [-0.25, -0.2) is 14.3 Å². The Kier molecular flexibility index (Phi) is 7.10. The lowest BCUT2D eigenvalue weighted by Gasteiger charge is -2.34. The van der Waals surface area contributed by atoms with Gasteiger partial charge in [0.25, 0.3) is 5.56 Å². The summed E-state index contributed by atoms with van der Waals surface area (Å²) in [5, 5.41) is 3.75. The summed E-state index contributed by atoms with van der Waals surface area (Å²) in [4.78, 5) is 42.4. The number of methoxy groups -OCH3 is 1. The third kappa shape index (κ3) is 5.03. The van der Waals surface area contributed by atoms with E-state index < -0.39 is 0 Å². The van der Waals surface area contributed by atoms with Crippen molar-refractivity contribution in [1.29, 1.82) is 0 Å². The fourth-order valence-corrected chi connectivity index (χ4v) is 6.27. The van der Waals surface area contributed by atoms with Crippen molar-refractivity contribution < 1.29 is 9.53 Å². The molecule has 0 saturated carbocycles. The Morgan fingerprint density at radius 3 is 2.63 bits per heavy atom. The number of likely N-dealkylation sites (N-methyl/N-ethyl adjacent to an activating group) is 1. The summed E-state index contributed by atoms with van der Waals surface area (Å²) in [7, 11) is 3.82. The van der Waals surface area contributed by atoms with E-state index in [9.17, 15) is 9.59 Å². The van der Waals surface area contributed by atoms with E-state index in [4.69, 9.17) is 9.72 Å². The van der Waals surface area contributed by atoms with Gasteiger partial charge in [-0.15, -0.1) is 0 Å². The van der Waals surface area contributed by atoms with E-state index >= 15 is 0 Å². The van der Waals surface area contributed by atoms with Crippen LogP contribution in [0.1, 0.15) is 24.8 Å². The number of aromatic nitrogens is 4. The number of amides is 1. The van der Waals surface area contributed by atoms with Crippen LogP contribution in [-0.4, -0.2) is 77.0 Å². The Labute approximate surface area is 250 Å². The summed E-state index contributed by atoms with van der Waals surface area (Å²) in [6, 6.07) is 12.1. The summed E-state index contributed by atoms with van der Waals surface area (Å²) in [6.07, 6.45) is 8.61. The lowest BCUT2D eigenvalue weighted by molar-refractivity contribution is -0.118. The van der Waals surface area contributed by atoms with Gasteiger partial charge in [0.1, 0.15) is 11.1 Å². The maximum Gasteiger partial charge on any atom is 0.278 e. The molecule has 1 amide bonds. The van der Waals surface area contributed by atoms with Gasteiger partial charge in [-0.3, -0.25) is 9.59 Å². The van der Waals surface area contributed by atoms with Gasteiger partial charge in [0, 0.05) is 62.8 Å². The third-order valence-electron chi connectivity index (χ3n) is 8.67. The van der Waals surface area contributed by atoms with Crippen LogP contribution >= 0.6 is 0 Å². The highest BCUT2D eigenvalue weighted by molar-refractivity contribution is 5.97. The van der Waals surface area contributed by atoms with Crippen molar-refractivity contribution >= 4 is 40.0 Å². The number of carbonyl (C=O) groups is 1. The molecule has 43 heavy (non-hydrogen) atoms. The number of benzene rings is 2. The van der Waals surface area contributed by atoms with Crippen LogP contribution in [0, 0.1) is 0 Å². The number of hydrogen-bond acceptors (Lipinski definition) is 8. The Hall–Kier alpha value is -4.64. The topological polar surface area (TPSA) is 101 Å². The van der Waals surface area contributed by atoms with Crippen molar-refractivity contribution in [2.45, 2.75) is 32.2 Å². The first-order valence-electron chi connectivity index (χ1n) is 15.0. The highest BCUT2D eigenvalue weighted by Crippen LogP contribution is 2.34. The molecule has 5 heterocycles. The maximum atomic E-state index is 13.6. The molecule has 3 aliphatic rings. The number of rotatable bonds is 4. The molecule has 7 rings (SSSR count). The fourth-order valence-electron chi connectivity index (χ4n) is 6.27. The number of nitrogens with one attached hydrogen (secondary N) is 1. The monoisotopic (exact) mass is 580 g/mol. The van der Waals surface area contributed by atoms with Gasteiger partial charge in [-0.1, -0.05) is 18.2 Å². The largest absolute Gasteiger partial charge is 0.495 e. The first kappa shape index (κ1) is 27.2. The Bertz CT molecular complexity index is 1780. The standard InChI is InChI=1S/C32H36N8O3/c1-36-15-17-37(18-16-36)26-11-9-23(19-28(26)43-2)34-32-33-21-25-30(35-32)40-24-10-7-22-8-12-29(41)38(27(22)20-24)13-5-3-4-6-14-39(40)31(25)42/h4,6-7,9-11,19-21H,3,5,8,12-18H2,1-2H3,(H,33,34,35)/b6-4-. The predicted octanol–water partition coefficient (Wildman–Crippen LogP) is 3.72. The van der Waals surface area contributed by atoms with Crippen molar-refractivity contribution in [3.05, 3.63) is 70.7 Å². The molecule has 0 unspecified atom stereocenters. The van der Waals surface area contributed by atoms with Crippen LogP contribution in [-0.2, 0) is 17.8 Å². The second-order valence-corrected chi connectivity index (χ2v) is 11.4. The van der Waals surface area contributed by atoms with E-state index in [-0.39, 0.29) is 11.5 Å². The average molecular weight is 581 g/mol. The molecule has 11 nitrogen and oxygen atoms in total. The van der Waals surface area contributed by atoms with Gasteiger partial charge in [0.05, 0.1) is 25.0 Å². The molecule has 2 bridgehead atoms. The molecule has 1 fully saturated rings. The predicted molar refractivity (Wildman–Crippen MR) is 168 cm³/mol. The first-order valence-corrected chi connectivity index (χ1v) is 15.0. The smallest absolute Gasteiger partial charge is 0.278 e. The van der Waals surface area contributed by atoms with Crippen LogP contribution in [0.2, 0.25) is 0 Å². The van der Waals surface area contributed by atoms with Crippen molar-refractivity contribution in [3.8, 4) is 11.4 Å². The summed E-state index contributed by atoms with van der Waals surface area (Å²) in [5.74, 6) is 1.29. The van der Waals surface area contributed by atoms with Gasteiger partial charge in [0.2, 0.25) is 11.9 Å². The van der Waals surface area contributed by atoms with E-state index in [0.29, 0.717) is 36.5 Å². The van der Waals surface area contributed by atoms with Crippen LogP contribution < -0.4 is 25.4 Å². The minimum Gasteiger partial charge on any atom is -0.495 e. The first-order chi connectivity index (χ1) is 21.0. The molecule has 0 radical (unpaired) electrons. The molecule has 1 saturated heterocycles. The number of piperazine rings is 1. The molecule has 0 atom stereocenters. The van der Waals surface area contributed by atoms with Gasteiger partial charge in [0.15, 0.2) is 5.65 Å². The molecule has 0 aliphatic carbocycles. The second-order valence-electron chi connectivity index (χ2n) is 11.4. The maximum absolute atomic E-state index is 13.6. The summed E-state index contributed by atoms with van der Waals surface area (Å²) in [5.41, 5.74) is 5.03. The Balaban J connectivity index is 1.28. The van der Waals surface area contributed by atoms with Gasteiger partial charge in [-0.05, 0) is 56.1 Å². The lowest BCUT2D eigenvalue weighted by Crippen LogP contribution is -2.44. The minimum absolute atomic E-state index is 0.142. The van der Waals surface area contributed by atoms with Crippen LogP contribution in [0.15, 0.2) is 59.5 Å². The van der Waals surface area contributed by atoms with Crippen LogP contribution in [0.3, 0.4) is 0 Å². The van der Waals surface area contributed by atoms with Crippen LogP contribution in [0.5, 0.6) is 5.75 Å². The summed E-state index contributed by atoms with van der Waals surface area (Å²) in [6.45, 7) is 4.98. The van der Waals surface area contributed by atoms with Gasteiger partial charge >= 0.3 is 0 Å². The highest BCUT2D eigenvalue weighted by Gasteiger charge is 2.26. The molecule has 0 spiro atoms. The summed E-state index contributed by atoms with van der Waals surface area (Å²) >= 11 is 0. The number of ether oxygens (including phenoxy) is 1. The Morgan fingerprint density at radius 1 is 0.930 bits per heavy atom. The number of fused-ring (bicyclic) bond motifs is 5. The Morgan fingerprint density at radius 2 is 1.79 bits per heavy atom. The molecular formula is C32H36N8O3. The van der Waals surface area contributed by atoms with E-state index in [1.54, 1.807) is 18.0 Å². The molecule has 2 aromatic carbocycles. The number of anilines is 4. The second kappa shape index (κ2) is 11.2. The zero-order chi connectivity index (χ0) is 29.5. The molecule has 2 aromatic heterocycles. The number of carbonyl (C=O) groups excluding carboxylic acids is 1. The molecule has 11 heteroatoms. The zero-order valence-corrected chi connectivity index (χ0v) is 24.6. The number of nitrogens with zero attached hydrogens (tertiary/aromatic N) is 7. The van der Waals surface area contributed by atoms with Gasteiger partial charge < -0.3 is 24.8 Å². The van der Waals surface area contributed by atoms with E-state index in [1.165, 1.54) is 0 Å². The lowest BCUT2D eigenvalue weighted by atomic mass is 10.00. The third-order valence-corrected chi connectivity index (χ3v) is 8.67. The molecule has 222 valence electrons. The van der Waals surface area contributed by atoms with Crippen molar-refractivity contribution in [3.63, 3.8) is 0 Å².